The molecule has 1 unspecified atom stereocenters. The summed E-state index contributed by atoms with van der Waals surface area (Å²) in [6.07, 6.45) is 3.61. The summed E-state index contributed by atoms with van der Waals surface area (Å²) < 4.78 is 5.09. The van der Waals surface area contributed by atoms with Crippen molar-refractivity contribution in [2.45, 2.75) is 39.0 Å². The first-order valence-corrected chi connectivity index (χ1v) is 6.15. The molecule has 4 heteroatoms. The van der Waals surface area contributed by atoms with Gasteiger partial charge < -0.3 is 9.72 Å². The number of methoxy groups -OCH3 is 1. The summed E-state index contributed by atoms with van der Waals surface area (Å²) >= 11 is 0. The van der Waals surface area contributed by atoms with Crippen molar-refractivity contribution in [2.75, 3.05) is 7.11 Å². The van der Waals surface area contributed by atoms with Crippen LogP contribution in [0, 0.1) is 0 Å². The van der Waals surface area contributed by atoms with E-state index in [1.54, 1.807) is 7.11 Å². The zero-order chi connectivity index (χ0) is 12.3. The molecule has 1 atom stereocenters. The van der Waals surface area contributed by atoms with Gasteiger partial charge in [0, 0.05) is 12.0 Å². The maximum absolute atomic E-state index is 5.09. The lowest BCUT2D eigenvalue weighted by Gasteiger charge is -2.05. The van der Waals surface area contributed by atoms with Crippen molar-refractivity contribution >= 4 is 11.2 Å². The zero-order valence-electron chi connectivity index (χ0n) is 10.7. The molecule has 0 saturated carbocycles. The molecule has 0 aliphatic rings. The summed E-state index contributed by atoms with van der Waals surface area (Å²) in [4.78, 5) is 12.2. The number of unbranched alkanes of at least 4 members (excludes halogenated alkanes) is 1. The van der Waals surface area contributed by atoms with E-state index in [2.05, 4.69) is 28.8 Å². The molecular weight excluding hydrogens is 214 g/mol. The Morgan fingerprint density at radius 1 is 1.35 bits per heavy atom. The summed E-state index contributed by atoms with van der Waals surface area (Å²) in [6.45, 7) is 4.41. The molecule has 0 radical (unpaired) electrons. The van der Waals surface area contributed by atoms with E-state index in [0.29, 0.717) is 11.8 Å². The first kappa shape index (κ1) is 11.9. The molecule has 0 fully saturated rings. The molecule has 0 aromatic carbocycles. The summed E-state index contributed by atoms with van der Waals surface area (Å²) in [5.41, 5.74) is 1.71. The minimum atomic E-state index is 0.454. The predicted molar refractivity (Wildman–Crippen MR) is 68.4 cm³/mol. The van der Waals surface area contributed by atoms with Crippen LogP contribution in [-0.2, 0) is 0 Å². The molecule has 0 aliphatic heterocycles. The number of fused-ring (bicyclic) bond motifs is 1. The van der Waals surface area contributed by atoms with Crippen molar-refractivity contribution in [1.29, 1.82) is 0 Å². The van der Waals surface area contributed by atoms with Gasteiger partial charge in [0.15, 0.2) is 5.65 Å². The number of rotatable bonds is 5. The van der Waals surface area contributed by atoms with Gasteiger partial charge in [0.05, 0.1) is 12.6 Å². The molecular formula is C13H19N3O. The highest BCUT2D eigenvalue weighted by Gasteiger charge is 2.11. The first-order chi connectivity index (χ1) is 8.24. The third-order valence-corrected chi connectivity index (χ3v) is 3.01. The molecule has 92 valence electrons. The number of nitrogens with one attached hydrogen (secondary N) is 1. The number of nitrogens with zero attached hydrogens (tertiary/aromatic N) is 2. The Morgan fingerprint density at radius 2 is 2.18 bits per heavy atom. The molecule has 2 heterocycles. The molecule has 0 saturated heterocycles. The van der Waals surface area contributed by atoms with E-state index in [4.69, 9.17) is 4.74 Å². The quantitative estimate of drug-likeness (QED) is 0.862. The second-order valence-corrected chi connectivity index (χ2v) is 4.39. The van der Waals surface area contributed by atoms with Crippen molar-refractivity contribution in [3.8, 4) is 5.88 Å². The number of hydrogen-bond donors (Lipinski definition) is 1. The average Bonchev–Trinajstić information content (AvgIpc) is 2.78. The van der Waals surface area contributed by atoms with E-state index in [1.165, 1.54) is 12.8 Å². The molecule has 0 aliphatic carbocycles. The Hall–Kier alpha value is -1.58. The minimum absolute atomic E-state index is 0.454. The van der Waals surface area contributed by atoms with E-state index in [0.717, 1.165) is 23.4 Å². The number of H-pyrrole nitrogens is 1. The highest BCUT2D eigenvalue weighted by molar-refractivity contribution is 5.71. The van der Waals surface area contributed by atoms with Gasteiger partial charge in [0.1, 0.15) is 5.82 Å². The fourth-order valence-corrected chi connectivity index (χ4v) is 1.89. The lowest BCUT2D eigenvalue weighted by Crippen LogP contribution is -1.95. The van der Waals surface area contributed by atoms with Crippen LogP contribution >= 0.6 is 0 Å². The van der Waals surface area contributed by atoms with Gasteiger partial charge in [-0.1, -0.05) is 26.7 Å². The Balaban J connectivity index is 2.24. The standard InChI is InChI=1S/C13H19N3O/c1-4-5-6-9(2)12-14-10-7-8-11(17-3)15-13(10)16-12/h7-9H,4-6H2,1-3H3,(H,14,15,16). The van der Waals surface area contributed by atoms with E-state index in [-0.39, 0.29) is 0 Å². The maximum Gasteiger partial charge on any atom is 0.215 e. The number of pyridine rings is 1. The number of aromatic nitrogens is 3. The van der Waals surface area contributed by atoms with Crippen LogP contribution in [0.1, 0.15) is 44.9 Å². The molecule has 0 amide bonds. The fraction of sp³-hybridized carbons (Fsp3) is 0.538. The molecule has 17 heavy (non-hydrogen) atoms. The van der Waals surface area contributed by atoms with Crippen molar-refractivity contribution in [2.24, 2.45) is 0 Å². The summed E-state index contributed by atoms with van der Waals surface area (Å²) in [6, 6.07) is 3.81. The van der Waals surface area contributed by atoms with Gasteiger partial charge in [-0.05, 0) is 12.5 Å². The zero-order valence-corrected chi connectivity index (χ0v) is 10.7. The highest BCUT2D eigenvalue weighted by Crippen LogP contribution is 2.22. The average molecular weight is 233 g/mol. The lowest BCUT2D eigenvalue weighted by atomic mass is 10.0. The molecule has 2 aromatic heterocycles. The maximum atomic E-state index is 5.09. The SMILES string of the molecule is CCCCC(C)c1nc2nc(OC)ccc2[nH]1. The van der Waals surface area contributed by atoms with Crippen LogP contribution in [0.2, 0.25) is 0 Å². The highest BCUT2D eigenvalue weighted by atomic mass is 16.5. The van der Waals surface area contributed by atoms with Gasteiger partial charge in [0.25, 0.3) is 0 Å². The van der Waals surface area contributed by atoms with Gasteiger partial charge in [-0.15, -0.1) is 0 Å². The molecule has 2 aromatic rings. The second-order valence-electron chi connectivity index (χ2n) is 4.39. The molecule has 0 bridgehead atoms. The lowest BCUT2D eigenvalue weighted by molar-refractivity contribution is 0.399. The third-order valence-electron chi connectivity index (χ3n) is 3.01. The number of aromatic amines is 1. The Labute approximate surface area is 101 Å². The van der Waals surface area contributed by atoms with Crippen molar-refractivity contribution in [3.05, 3.63) is 18.0 Å². The molecule has 1 N–H and O–H groups in total. The van der Waals surface area contributed by atoms with E-state index >= 15 is 0 Å². The topological polar surface area (TPSA) is 50.8 Å². The van der Waals surface area contributed by atoms with E-state index in [1.807, 2.05) is 12.1 Å². The molecule has 0 spiro atoms. The molecule has 2 rings (SSSR count). The van der Waals surface area contributed by atoms with E-state index < -0.39 is 0 Å². The van der Waals surface area contributed by atoms with Gasteiger partial charge in [-0.2, -0.15) is 4.98 Å². The largest absolute Gasteiger partial charge is 0.481 e. The molecule has 4 nitrogen and oxygen atoms in total. The smallest absolute Gasteiger partial charge is 0.215 e. The Bertz CT molecular complexity index is 492. The number of imidazole rings is 1. The van der Waals surface area contributed by atoms with Gasteiger partial charge >= 0.3 is 0 Å². The number of ether oxygens (including phenoxy) is 1. The monoisotopic (exact) mass is 233 g/mol. The third kappa shape index (κ3) is 2.57. The van der Waals surface area contributed by atoms with Crippen LogP contribution in [0.25, 0.3) is 11.2 Å². The number of hydrogen-bond acceptors (Lipinski definition) is 3. The summed E-state index contributed by atoms with van der Waals surface area (Å²) in [5, 5.41) is 0. The van der Waals surface area contributed by atoms with E-state index in [9.17, 15) is 0 Å². The fourth-order valence-electron chi connectivity index (χ4n) is 1.89. The van der Waals surface area contributed by atoms with Crippen molar-refractivity contribution in [3.63, 3.8) is 0 Å². The van der Waals surface area contributed by atoms with Crippen LogP contribution in [-0.4, -0.2) is 22.1 Å². The Kier molecular flexibility index (Phi) is 3.61. The van der Waals surface area contributed by atoms with Crippen LogP contribution in [0.4, 0.5) is 0 Å². The summed E-state index contributed by atoms with van der Waals surface area (Å²) in [7, 11) is 1.62. The first-order valence-electron chi connectivity index (χ1n) is 6.15. The van der Waals surface area contributed by atoms with Crippen LogP contribution in [0.3, 0.4) is 0 Å². The van der Waals surface area contributed by atoms with Crippen LogP contribution in [0.5, 0.6) is 5.88 Å². The van der Waals surface area contributed by atoms with Gasteiger partial charge in [-0.25, -0.2) is 4.98 Å². The van der Waals surface area contributed by atoms with Gasteiger partial charge in [-0.3, -0.25) is 0 Å². The van der Waals surface area contributed by atoms with Crippen LogP contribution in [0.15, 0.2) is 12.1 Å². The summed E-state index contributed by atoms with van der Waals surface area (Å²) in [5.74, 6) is 2.08. The van der Waals surface area contributed by atoms with Crippen LogP contribution < -0.4 is 4.74 Å². The van der Waals surface area contributed by atoms with Crippen molar-refractivity contribution in [1.82, 2.24) is 15.0 Å². The van der Waals surface area contributed by atoms with Crippen molar-refractivity contribution < 1.29 is 4.74 Å². The second kappa shape index (κ2) is 5.17. The normalized spacial score (nSPS) is 12.9. The Morgan fingerprint density at radius 3 is 2.88 bits per heavy atom. The minimum Gasteiger partial charge on any atom is -0.481 e. The van der Waals surface area contributed by atoms with Gasteiger partial charge in [0.2, 0.25) is 5.88 Å². The predicted octanol–water partition coefficient (Wildman–Crippen LogP) is 3.26.